The van der Waals surface area contributed by atoms with Crippen LogP contribution < -0.4 is 10.2 Å². The Kier molecular flexibility index (Phi) is 4.66. The lowest BCUT2D eigenvalue weighted by Crippen LogP contribution is -2.39. The van der Waals surface area contributed by atoms with Gasteiger partial charge in [-0.25, -0.2) is 18.4 Å². The highest BCUT2D eigenvalue weighted by Gasteiger charge is 2.62. The Hall–Kier alpha value is -2.74. The Morgan fingerprint density at radius 3 is 2.61 bits per heavy atom. The van der Waals surface area contributed by atoms with Crippen LogP contribution in [0.25, 0.3) is 0 Å². The molecule has 0 saturated heterocycles. The van der Waals surface area contributed by atoms with Crippen molar-refractivity contribution in [1.29, 1.82) is 0 Å². The van der Waals surface area contributed by atoms with Gasteiger partial charge >= 0.3 is 0 Å². The topological polar surface area (TPSA) is 92.3 Å². The molecular formula is C23H26N4O3S. The molecule has 1 N–H and O–H groups in total. The van der Waals surface area contributed by atoms with E-state index in [9.17, 15) is 13.2 Å². The molecule has 1 spiro atoms. The number of carbonyl (C=O) groups excluding carboxylic acids is 1. The molecule has 1 amide bonds. The minimum Gasteiger partial charge on any atom is -0.324 e. The number of fused-ring (bicyclic) bond motifs is 2. The largest absolute Gasteiger partial charge is 0.324 e. The van der Waals surface area contributed by atoms with Crippen molar-refractivity contribution in [3.8, 4) is 0 Å². The number of sulfone groups is 1. The molecule has 2 fully saturated rings. The third-order valence-corrected chi connectivity index (χ3v) is 8.18. The van der Waals surface area contributed by atoms with Gasteiger partial charge in [0.05, 0.1) is 27.9 Å². The molecule has 0 atom stereocenters. The number of hydrogen-bond donors (Lipinski definition) is 1. The number of amides is 1. The fourth-order valence-corrected chi connectivity index (χ4v) is 5.95. The van der Waals surface area contributed by atoms with Crippen molar-refractivity contribution in [1.82, 2.24) is 9.97 Å². The first-order valence-electron chi connectivity index (χ1n) is 10.8. The second-order valence-corrected chi connectivity index (χ2v) is 10.6. The van der Waals surface area contributed by atoms with E-state index in [-0.39, 0.29) is 16.8 Å². The van der Waals surface area contributed by atoms with Crippen LogP contribution in [0.1, 0.15) is 56.7 Å². The van der Waals surface area contributed by atoms with E-state index in [0.717, 1.165) is 61.2 Å². The Morgan fingerprint density at radius 2 is 1.97 bits per heavy atom. The van der Waals surface area contributed by atoms with Gasteiger partial charge in [0.1, 0.15) is 0 Å². The van der Waals surface area contributed by atoms with Gasteiger partial charge in [-0.05, 0) is 63.3 Å². The zero-order valence-electron chi connectivity index (χ0n) is 17.8. The van der Waals surface area contributed by atoms with Crippen LogP contribution in [0.15, 0.2) is 40.8 Å². The first-order chi connectivity index (χ1) is 14.9. The summed E-state index contributed by atoms with van der Waals surface area (Å²) in [4.78, 5) is 24.7. The van der Waals surface area contributed by atoms with Gasteiger partial charge in [-0.3, -0.25) is 4.79 Å². The number of allylic oxidation sites excluding steroid dienone is 1. The van der Waals surface area contributed by atoms with E-state index < -0.39 is 15.3 Å². The lowest BCUT2D eigenvalue weighted by molar-refractivity contribution is -0.120. The summed E-state index contributed by atoms with van der Waals surface area (Å²) in [5.74, 6) is 0.619. The zero-order valence-corrected chi connectivity index (χ0v) is 18.6. The SMILES string of the molecule is C/C=C/S(=O)(=O)c1ccc(Nc2ncc3c(n2)C2(CC2)C(=O)N3C2CCCC2)c(C)c1. The fraction of sp³-hybridized carbons (Fsp3) is 0.435. The number of aromatic nitrogens is 2. The average Bonchev–Trinajstić information content (AvgIpc) is 3.30. The standard InChI is InChI=1S/C23H26N4O3S/c1-3-12-31(29,30)17-8-9-18(15(2)13-17)25-22-24-14-19-20(26-22)23(10-11-23)21(28)27(19)16-6-4-5-7-16/h3,8-9,12-14,16H,4-7,10-11H2,1-2H3,(H,24,25,26)/b12-3+. The molecule has 2 heterocycles. The molecule has 2 aromatic rings. The summed E-state index contributed by atoms with van der Waals surface area (Å²) in [7, 11) is -3.44. The Morgan fingerprint density at radius 1 is 1.23 bits per heavy atom. The van der Waals surface area contributed by atoms with Crippen LogP contribution in [0.2, 0.25) is 0 Å². The van der Waals surface area contributed by atoms with Gasteiger partial charge in [0.25, 0.3) is 0 Å². The van der Waals surface area contributed by atoms with Crippen molar-refractivity contribution >= 4 is 33.1 Å². The molecule has 5 rings (SSSR count). The molecule has 1 aromatic carbocycles. The van der Waals surface area contributed by atoms with Crippen molar-refractivity contribution in [3.05, 3.63) is 47.1 Å². The maximum Gasteiger partial charge on any atom is 0.239 e. The zero-order chi connectivity index (χ0) is 21.8. The molecule has 7 nitrogen and oxygen atoms in total. The van der Waals surface area contributed by atoms with Crippen molar-refractivity contribution in [2.45, 2.75) is 68.7 Å². The van der Waals surface area contributed by atoms with Crippen LogP contribution in [0, 0.1) is 6.92 Å². The molecule has 31 heavy (non-hydrogen) atoms. The summed E-state index contributed by atoms with van der Waals surface area (Å²) in [5, 5.41) is 4.41. The molecule has 162 valence electrons. The normalized spacial score (nSPS) is 20.1. The highest BCUT2D eigenvalue weighted by molar-refractivity contribution is 7.94. The molecule has 3 aliphatic rings. The number of aryl methyl sites for hydroxylation is 1. The first kappa shape index (κ1) is 20.2. The number of hydrogen-bond acceptors (Lipinski definition) is 6. The molecule has 2 saturated carbocycles. The number of carbonyl (C=O) groups is 1. The Labute approximate surface area is 182 Å². The van der Waals surface area contributed by atoms with Gasteiger partial charge in [-0.2, -0.15) is 0 Å². The highest BCUT2D eigenvalue weighted by atomic mass is 32.2. The van der Waals surface area contributed by atoms with Crippen molar-refractivity contribution in [2.24, 2.45) is 0 Å². The third kappa shape index (κ3) is 3.24. The van der Waals surface area contributed by atoms with Crippen molar-refractivity contribution in [3.63, 3.8) is 0 Å². The number of rotatable bonds is 5. The predicted octanol–water partition coefficient (Wildman–Crippen LogP) is 4.16. The molecular weight excluding hydrogens is 412 g/mol. The van der Waals surface area contributed by atoms with E-state index in [2.05, 4.69) is 10.3 Å². The second kappa shape index (κ2) is 7.15. The summed E-state index contributed by atoms with van der Waals surface area (Å²) in [6, 6.07) is 5.21. The van der Waals surface area contributed by atoms with E-state index in [1.54, 1.807) is 31.3 Å². The van der Waals surface area contributed by atoms with Gasteiger partial charge < -0.3 is 10.2 Å². The molecule has 1 aromatic heterocycles. The highest BCUT2D eigenvalue weighted by Crippen LogP contribution is 2.57. The summed E-state index contributed by atoms with van der Waals surface area (Å²) >= 11 is 0. The number of anilines is 3. The lowest BCUT2D eigenvalue weighted by Gasteiger charge is -2.24. The second-order valence-electron chi connectivity index (χ2n) is 8.74. The molecule has 0 bridgehead atoms. The first-order valence-corrected chi connectivity index (χ1v) is 12.4. The predicted molar refractivity (Wildman–Crippen MR) is 119 cm³/mol. The van der Waals surface area contributed by atoms with Gasteiger partial charge in [0.15, 0.2) is 9.84 Å². The van der Waals surface area contributed by atoms with Gasteiger partial charge in [0.2, 0.25) is 11.9 Å². The average molecular weight is 439 g/mol. The minimum absolute atomic E-state index is 0.190. The fourth-order valence-electron chi connectivity index (χ4n) is 4.84. The monoisotopic (exact) mass is 438 g/mol. The summed E-state index contributed by atoms with van der Waals surface area (Å²) in [6.07, 6.45) is 9.38. The van der Waals surface area contributed by atoms with E-state index in [1.165, 1.54) is 11.5 Å². The van der Waals surface area contributed by atoms with Gasteiger partial charge in [-0.1, -0.05) is 18.9 Å². The van der Waals surface area contributed by atoms with Crippen molar-refractivity contribution in [2.75, 3.05) is 10.2 Å². The van der Waals surface area contributed by atoms with Crippen LogP contribution in [0.5, 0.6) is 0 Å². The molecule has 0 unspecified atom stereocenters. The molecule has 0 radical (unpaired) electrons. The summed E-state index contributed by atoms with van der Waals surface area (Å²) < 4.78 is 24.5. The quantitative estimate of drug-likeness (QED) is 0.754. The minimum atomic E-state index is -3.44. The summed E-state index contributed by atoms with van der Waals surface area (Å²) in [6.45, 7) is 3.52. The van der Waals surface area contributed by atoms with Crippen LogP contribution in [0.4, 0.5) is 17.3 Å². The molecule has 2 aliphatic carbocycles. The maximum atomic E-state index is 13.2. The van der Waals surface area contributed by atoms with Crippen LogP contribution in [-0.2, 0) is 20.0 Å². The number of nitrogens with one attached hydrogen (secondary N) is 1. The maximum absolute atomic E-state index is 13.2. The van der Waals surface area contributed by atoms with E-state index >= 15 is 0 Å². The van der Waals surface area contributed by atoms with Gasteiger partial charge in [0, 0.05) is 17.1 Å². The van der Waals surface area contributed by atoms with E-state index in [4.69, 9.17) is 4.98 Å². The number of nitrogens with zero attached hydrogens (tertiary/aromatic N) is 3. The Bertz CT molecular complexity index is 1200. The number of benzene rings is 1. The summed E-state index contributed by atoms with van der Waals surface area (Å²) in [5.41, 5.74) is 2.76. The van der Waals surface area contributed by atoms with Crippen LogP contribution in [0.3, 0.4) is 0 Å². The molecule has 8 heteroatoms. The van der Waals surface area contributed by atoms with Crippen molar-refractivity contribution < 1.29 is 13.2 Å². The Balaban J connectivity index is 1.45. The smallest absolute Gasteiger partial charge is 0.239 e. The van der Waals surface area contributed by atoms with E-state index in [1.807, 2.05) is 11.8 Å². The van der Waals surface area contributed by atoms with Gasteiger partial charge in [-0.15, -0.1) is 0 Å². The van der Waals surface area contributed by atoms with E-state index in [0.29, 0.717) is 5.95 Å². The molecule has 1 aliphatic heterocycles. The lowest BCUT2D eigenvalue weighted by atomic mass is 10.0. The van der Waals surface area contributed by atoms with Crippen LogP contribution in [-0.4, -0.2) is 30.3 Å². The van der Waals surface area contributed by atoms with Crippen LogP contribution >= 0.6 is 0 Å². The third-order valence-electron chi connectivity index (χ3n) is 6.64.